The average Bonchev–Trinajstić information content (AvgIpc) is 2.82. The van der Waals surface area contributed by atoms with Gasteiger partial charge in [0.15, 0.2) is 5.82 Å². The smallest absolute Gasteiger partial charge is 0.151 e. The Morgan fingerprint density at radius 2 is 1.88 bits per heavy atom. The molecular formula is C18H28N4O2. The fourth-order valence-electron chi connectivity index (χ4n) is 3.88. The van der Waals surface area contributed by atoms with Crippen LogP contribution in [0.3, 0.4) is 0 Å². The number of anilines is 1. The summed E-state index contributed by atoms with van der Waals surface area (Å²) in [6.07, 6.45) is 4.80. The van der Waals surface area contributed by atoms with Gasteiger partial charge in [0, 0.05) is 31.6 Å². The molecule has 2 fully saturated rings. The highest BCUT2D eigenvalue weighted by atomic mass is 16.5. The standard InChI is InChI=1S/C18H28N4O2/c1-21(9-14-12-23-6-7-24-13-14)16-10-22(11-16)18-8-15-4-2-3-5-17(15)19-20-18/h8,14,16H,2-7,9-13H2,1H3. The van der Waals surface area contributed by atoms with Gasteiger partial charge in [-0.05, 0) is 44.4 Å². The Bertz CT molecular complexity index is 554. The van der Waals surface area contributed by atoms with Crippen LogP contribution in [0.15, 0.2) is 6.07 Å². The number of likely N-dealkylation sites (N-methyl/N-ethyl adjacent to an activating group) is 1. The number of ether oxygens (including phenoxy) is 2. The van der Waals surface area contributed by atoms with Gasteiger partial charge in [-0.25, -0.2) is 0 Å². The van der Waals surface area contributed by atoms with Crippen LogP contribution in [0, 0.1) is 5.92 Å². The Kier molecular flexibility index (Phi) is 4.96. The number of hydrogen-bond acceptors (Lipinski definition) is 6. The second-order valence-corrected chi connectivity index (χ2v) is 7.40. The van der Waals surface area contributed by atoms with Crippen LogP contribution in [0.1, 0.15) is 24.1 Å². The molecule has 1 aliphatic carbocycles. The molecule has 0 radical (unpaired) electrons. The predicted molar refractivity (Wildman–Crippen MR) is 92.4 cm³/mol. The summed E-state index contributed by atoms with van der Waals surface area (Å²) in [5, 5.41) is 8.91. The molecule has 1 aromatic rings. The van der Waals surface area contributed by atoms with E-state index in [-0.39, 0.29) is 0 Å². The topological polar surface area (TPSA) is 50.7 Å². The third-order valence-electron chi connectivity index (χ3n) is 5.49. The lowest BCUT2D eigenvalue weighted by Crippen LogP contribution is -2.59. The number of aryl methyl sites for hydroxylation is 2. The fourth-order valence-corrected chi connectivity index (χ4v) is 3.88. The zero-order chi connectivity index (χ0) is 16.4. The van der Waals surface area contributed by atoms with E-state index in [1.165, 1.54) is 24.1 Å². The van der Waals surface area contributed by atoms with Crippen molar-refractivity contribution >= 4 is 5.82 Å². The van der Waals surface area contributed by atoms with E-state index >= 15 is 0 Å². The van der Waals surface area contributed by atoms with E-state index in [1.54, 1.807) is 0 Å². The van der Waals surface area contributed by atoms with Crippen molar-refractivity contribution in [1.82, 2.24) is 15.1 Å². The molecule has 0 unspecified atom stereocenters. The minimum absolute atomic E-state index is 0.482. The maximum absolute atomic E-state index is 5.60. The SMILES string of the molecule is CN(CC1COCCOC1)C1CN(c2cc3c(nn2)CCCC3)C1. The molecule has 1 aromatic heterocycles. The van der Waals surface area contributed by atoms with Crippen molar-refractivity contribution < 1.29 is 9.47 Å². The molecule has 0 bridgehead atoms. The highest BCUT2D eigenvalue weighted by Crippen LogP contribution is 2.26. The molecular weight excluding hydrogens is 304 g/mol. The first-order valence-corrected chi connectivity index (χ1v) is 9.26. The van der Waals surface area contributed by atoms with Crippen molar-refractivity contribution in [3.8, 4) is 0 Å². The molecule has 6 nitrogen and oxygen atoms in total. The average molecular weight is 332 g/mol. The largest absolute Gasteiger partial charge is 0.379 e. The normalized spacial score (nSPS) is 23.0. The van der Waals surface area contributed by atoms with Crippen molar-refractivity contribution in [2.24, 2.45) is 5.92 Å². The molecule has 3 heterocycles. The van der Waals surface area contributed by atoms with Crippen LogP contribution in [-0.2, 0) is 22.3 Å². The van der Waals surface area contributed by atoms with E-state index < -0.39 is 0 Å². The van der Waals surface area contributed by atoms with Crippen molar-refractivity contribution in [3.63, 3.8) is 0 Å². The van der Waals surface area contributed by atoms with E-state index in [4.69, 9.17) is 9.47 Å². The number of fused-ring (bicyclic) bond motifs is 1. The molecule has 0 saturated carbocycles. The quantitative estimate of drug-likeness (QED) is 0.824. The van der Waals surface area contributed by atoms with Crippen molar-refractivity contribution in [2.75, 3.05) is 58.0 Å². The van der Waals surface area contributed by atoms with Gasteiger partial charge in [0.05, 0.1) is 32.1 Å². The third-order valence-corrected chi connectivity index (χ3v) is 5.49. The van der Waals surface area contributed by atoms with Crippen LogP contribution >= 0.6 is 0 Å². The molecule has 0 amide bonds. The second-order valence-electron chi connectivity index (χ2n) is 7.40. The van der Waals surface area contributed by atoms with E-state index in [9.17, 15) is 0 Å². The van der Waals surface area contributed by atoms with Crippen LogP contribution in [0.25, 0.3) is 0 Å². The van der Waals surface area contributed by atoms with Crippen molar-refractivity contribution in [1.29, 1.82) is 0 Å². The van der Waals surface area contributed by atoms with Crippen LogP contribution in [0.5, 0.6) is 0 Å². The number of rotatable bonds is 4. The van der Waals surface area contributed by atoms with E-state index in [0.29, 0.717) is 12.0 Å². The highest BCUT2D eigenvalue weighted by Gasteiger charge is 2.32. The lowest BCUT2D eigenvalue weighted by Gasteiger charge is -2.45. The number of nitrogens with zero attached hydrogens (tertiary/aromatic N) is 4. The van der Waals surface area contributed by atoms with Gasteiger partial charge < -0.3 is 14.4 Å². The first-order chi connectivity index (χ1) is 11.8. The number of hydrogen-bond donors (Lipinski definition) is 0. The molecule has 0 aromatic carbocycles. The van der Waals surface area contributed by atoms with Gasteiger partial charge in [-0.2, -0.15) is 5.10 Å². The Morgan fingerprint density at radius 1 is 1.12 bits per heavy atom. The lowest BCUT2D eigenvalue weighted by molar-refractivity contribution is 0.0917. The summed E-state index contributed by atoms with van der Waals surface area (Å²) in [6.45, 7) is 6.21. The maximum Gasteiger partial charge on any atom is 0.151 e. The van der Waals surface area contributed by atoms with Crippen molar-refractivity contribution in [3.05, 3.63) is 17.3 Å². The summed E-state index contributed by atoms with van der Waals surface area (Å²) in [7, 11) is 2.21. The molecule has 0 N–H and O–H groups in total. The lowest BCUT2D eigenvalue weighted by atomic mass is 9.96. The summed E-state index contributed by atoms with van der Waals surface area (Å²) in [5.41, 5.74) is 2.63. The molecule has 6 heteroatoms. The Balaban J connectivity index is 1.29. The summed E-state index contributed by atoms with van der Waals surface area (Å²) in [6, 6.07) is 2.86. The molecule has 0 atom stereocenters. The van der Waals surface area contributed by atoms with E-state index in [0.717, 1.165) is 64.7 Å². The van der Waals surface area contributed by atoms with E-state index in [1.807, 2.05) is 0 Å². The van der Waals surface area contributed by atoms with Gasteiger partial charge >= 0.3 is 0 Å². The molecule has 0 spiro atoms. The summed E-state index contributed by atoms with van der Waals surface area (Å²) in [4.78, 5) is 4.80. The molecule has 24 heavy (non-hydrogen) atoms. The minimum atomic E-state index is 0.482. The van der Waals surface area contributed by atoms with Gasteiger partial charge in [0.1, 0.15) is 0 Å². The van der Waals surface area contributed by atoms with Crippen LogP contribution in [0.4, 0.5) is 5.82 Å². The third kappa shape index (κ3) is 3.55. The van der Waals surface area contributed by atoms with Gasteiger partial charge in [-0.1, -0.05) is 0 Å². The van der Waals surface area contributed by atoms with Gasteiger partial charge in [0.25, 0.3) is 0 Å². The Labute approximate surface area is 144 Å². The molecule has 2 aliphatic heterocycles. The summed E-state index contributed by atoms with van der Waals surface area (Å²) < 4.78 is 11.2. The van der Waals surface area contributed by atoms with Crippen LogP contribution < -0.4 is 4.90 Å². The zero-order valence-corrected chi connectivity index (χ0v) is 14.6. The Morgan fingerprint density at radius 3 is 2.67 bits per heavy atom. The summed E-state index contributed by atoms with van der Waals surface area (Å²) >= 11 is 0. The maximum atomic E-state index is 5.60. The predicted octanol–water partition coefficient (Wildman–Crippen LogP) is 1.14. The van der Waals surface area contributed by atoms with E-state index in [2.05, 4.69) is 33.1 Å². The van der Waals surface area contributed by atoms with Crippen molar-refractivity contribution in [2.45, 2.75) is 31.7 Å². The first-order valence-electron chi connectivity index (χ1n) is 9.26. The molecule has 3 aliphatic rings. The number of aromatic nitrogens is 2. The molecule has 2 saturated heterocycles. The van der Waals surface area contributed by atoms with Gasteiger partial charge in [-0.15, -0.1) is 5.10 Å². The minimum Gasteiger partial charge on any atom is -0.379 e. The molecule has 4 rings (SSSR count). The zero-order valence-electron chi connectivity index (χ0n) is 14.6. The second kappa shape index (κ2) is 7.33. The van der Waals surface area contributed by atoms with Gasteiger partial charge in [0.2, 0.25) is 0 Å². The van der Waals surface area contributed by atoms with Crippen LogP contribution in [0.2, 0.25) is 0 Å². The summed E-state index contributed by atoms with van der Waals surface area (Å²) in [5.74, 6) is 1.54. The van der Waals surface area contributed by atoms with Crippen LogP contribution in [-0.4, -0.2) is 74.2 Å². The Hall–Kier alpha value is -1.24. The van der Waals surface area contributed by atoms with Gasteiger partial charge in [-0.3, -0.25) is 4.90 Å². The molecule has 132 valence electrons. The monoisotopic (exact) mass is 332 g/mol. The highest BCUT2D eigenvalue weighted by molar-refractivity contribution is 5.45. The fraction of sp³-hybridized carbons (Fsp3) is 0.778. The first kappa shape index (κ1) is 16.2.